The molecule has 0 unspecified atom stereocenters. The number of rotatable bonds is 4. The molecule has 0 aliphatic rings. The fraction of sp³-hybridized carbons (Fsp3) is 0.167. The van der Waals surface area contributed by atoms with E-state index in [0.29, 0.717) is 0 Å². The zero-order valence-electron chi connectivity index (χ0n) is 9.51. The largest absolute Gasteiger partial charge is 0.466 e. The average Bonchev–Trinajstić information content (AvgIpc) is 2.80. The van der Waals surface area contributed by atoms with Crippen molar-refractivity contribution in [2.75, 3.05) is 14.2 Å². The standard InChI is InChI=1S/C12H12O4S/c1-15-11(13)5-3-9-7-8-17-10(9)4-6-12(14)16-2/h3-8H,1-2H3/b5-3+,6-4+. The van der Waals surface area contributed by atoms with Crippen LogP contribution in [-0.2, 0) is 19.1 Å². The van der Waals surface area contributed by atoms with E-state index in [1.807, 2.05) is 11.4 Å². The lowest BCUT2D eigenvalue weighted by atomic mass is 10.2. The van der Waals surface area contributed by atoms with Gasteiger partial charge in [-0.2, -0.15) is 0 Å². The van der Waals surface area contributed by atoms with Crippen LogP contribution in [-0.4, -0.2) is 26.2 Å². The third-order valence-electron chi connectivity index (χ3n) is 1.90. The van der Waals surface area contributed by atoms with Gasteiger partial charge in [0.25, 0.3) is 0 Å². The Kier molecular flexibility index (Phi) is 5.16. The third-order valence-corrected chi connectivity index (χ3v) is 2.80. The molecule has 0 amide bonds. The molecule has 0 atom stereocenters. The molecule has 0 fully saturated rings. The van der Waals surface area contributed by atoms with Gasteiger partial charge in [0.2, 0.25) is 0 Å². The Balaban J connectivity index is 2.79. The first-order valence-electron chi connectivity index (χ1n) is 4.77. The van der Waals surface area contributed by atoms with Crippen LogP contribution >= 0.6 is 11.3 Å². The Morgan fingerprint density at radius 3 is 2.29 bits per heavy atom. The second kappa shape index (κ2) is 6.65. The molecular weight excluding hydrogens is 240 g/mol. The fourth-order valence-corrected chi connectivity index (χ4v) is 1.82. The van der Waals surface area contributed by atoms with E-state index in [4.69, 9.17) is 0 Å². The van der Waals surface area contributed by atoms with Gasteiger partial charge in [0.05, 0.1) is 14.2 Å². The molecule has 0 radical (unpaired) electrons. The molecule has 0 N–H and O–H groups in total. The molecule has 0 aliphatic carbocycles. The number of ether oxygens (including phenoxy) is 2. The topological polar surface area (TPSA) is 52.6 Å². The number of esters is 2. The van der Waals surface area contributed by atoms with Gasteiger partial charge in [0.1, 0.15) is 0 Å². The molecule has 4 nitrogen and oxygen atoms in total. The van der Waals surface area contributed by atoms with Crippen LogP contribution in [0.4, 0.5) is 0 Å². The van der Waals surface area contributed by atoms with Gasteiger partial charge in [-0.25, -0.2) is 9.59 Å². The van der Waals surface area contributed by atoms with Crippen molar-refractivity contribution in [1.82, 2.24) is 0 Å². The van der Waals surface area contributed by atoms with E-state index in [1.165, 1.54) is 37.7 Å². The molecule has 0 aliphatic heterocycles. The summed E-state index contributed by atoms with van der Waals surface area (Å²) in [5.74, 6) is -0.833. The highest BCUT2D eigenvalue weighted by Gasteiger charge is 2.00. The summed E-state index contributed by atoms with van der Waals surface area (Å²) >= 11 is 1.46. The zero-order valence-corrected chi connectivity index (χ0v) is 10.3. The maximum Gasteiger partial charge on any atom is 0.330 e. The monoisotopic (exact) mass is 252 g/mol. The number of carbonyl (C=O) groups excluding carboxylic acids is 2. The maximum absolute atomic E-state index is 10.9. The molecule has 0 aromatic carbocycles. The van der Waals surface area contributed by atoms with Crippen molar-refractivity contribution < 1.29 is 19.1 Å². The summed E-state index contributed by atoms with van der Waals surface area (Å²) in [4.78, 5) is 22.7. The van der Waals surface area contributed by atoms with Gasteiger partial charge < -0.3 is 9.47 Å². The highest BCUT2D eigenvalue weighted by atomic mass is 32.1. The minimum absolute atomic E-state index is 0.415. The average molecular weight is 252 g/mol. The molecule has 0 bridgehead atoms. The summed E-state index contributed by atoms with van der Waals surface area (Å²) in [5.41, 5.74) is 0.848. The van der Waals surface area contributed by atoms with Crippen molar-refractivity contribution in [2.45, 2.75) is 0 Å². The third kappa shape index (κ3) is 4.24. The Hall–Kier alpha value is -1.88. The van der Waals surface area contributed by atoms with E-state index >= 15 is 0 Å². The van der Waals surface area contributed by atoms with E-state index in [-0.39, 0.29) is 0 Å². The van der Waals surface area contributed by atoms with Crippen molar-refractivity contribution in [3.05, 3.63) is 34.0 Å². The molecule has 1 aromatic heterocycles. The first kappa shape index (κ1) is 13.2. The van der Waals surface area contributed by atoms with Gasteiger partial charge in [-0.05, 0) is 29.2 Å². The van der Waals surface area contributed by atoms with Gasteiger partial charge in [0, 0.05) is 17.0 Å². The summed E-state index contributed by atoms with van der Waals surface area (Å²) in [5, 5.41) is 1.87. The van der Waals surface area contributed by atoms with E-state index < -0.39 is 11.9 Å². The molecule has 0 saturated carbocycles. The Morgan fingerprint density at radius 1 is 1.12 bits per heavy atom. The minimum atomic E-state index is -0.418. The lowest BCUT2D eigenvalue weighted by Crippen LogP contribution is -1.93. The first-order chi connectivity index (χ1) is 8.17. The minimum Gasteiger partial charge on any atom is -0.466 e. The van der Waals surface area contributed by atoms with Crippen LogP contribution in [0.5, 0.6) is 0 Å². The lowest BCUT2D eigenvalue weighted by molar-refractivity contribution is -0.135. The van der Waals surface area contributed by atoms with Gasteiger partial charge >= 0.3 is 11.9 Å². The second-order valence-electron chi connectivity index (χ2n) is 2.95. The van der Waals surface area contributed by atoms with Crippen LogP contribution in [0, 0.1) is 0 Å². The van der Waals surface area contributed by atoms with E-state index in [2.05, 4.69) is 9.47 Å². The molecule has 90 valence electrons. The molecule has 0 spiro atoms. The second-order valence-corrected chi connectivity index (χ2v) is 3.90. The van der Waals surface area contributed by atoms with Crippen molar-refractivity contribution >= 4 is 35.4 Å². The van der Waals surface area contributed by atoms with Crippen molar-refractivity contribution in [3.8, 4) is 0 Å². The molecule has 0 saturated heterocycles. The number of carbonyl (C=O) groups is 2. The normalized spacial score (nSPS) is 10.9. The SMILES string of the molecule is COC(=O)/C=C/c1ccsc1/C=C/C(=O)OC. The summed E-state index contributed by atoms with van der Waals surface area (Å²) < 4.78 is 8.98. The van der Waals surface area contributed by atoms with Crippen molar-refractivity contribution in [3.63, 3.8) is 0 Å². The summed E-state index contributed by atoms with van der Waals surface area (Å²) in [6.45, 7) is 0. The van der Waals surface area contributed by atoms with Crippen LogP contribution in [0.1, 0.15) is 10.4 Å². The number of thiophene rings is 1. The van der Waals surface area contributed by atoms with E-state index in [9.17, 15) is 9.59 Å². The molecule has 1 rings (SSSR count). The number of methoxy groups -OCH3 is 2. The highest BCUT2D eigenvalue weighted by molar-refractivity contribution is 7.11. The maximum atomic E-state index is 10.9. The van der Waals surface area contributed by atoms with Crippen molar-refractivity contribution in [2.24, 2.45) is 0 Å². The van der Waals surface area contributed by atoms with Crippen LogP contribution in [0.2, 0.25) is 0 Å². The lowest BCUT2D eigenvalue weighted by Gasteiger charge is -1.93. The smallest absolute Gasteiger partial charge is 0.330 e. The van der Waals surface area contributed by atoms with Gasteiger partial charge in [-0.3, -0.25) is 0 Å². The molecule has 1 heterocycles. The van der Waals surface area contributed by atoms with E-state index in [0.717, 1.165) is 10.4 Å². The zero-order chi connectivity index (χ0) is 12.7. The van der Waals surface area contributed by atoms with Crippen LogP contribution < -0.4 is 0 Å². The van der Waals surface area contributed by atoms with E-state index in [1.54, 1.807) is 12.2 Å². The molecular formula is C12H12O4S. The fourth-order valence-electron chi connectivity index (χ4n) is 1.04. The number of hydrogen-bond donors (Lipinski definition) is 0. The first-order valence-corrected chi connectivity index (χ1v) is 5.65. The summed E-state index contributed by atoms with van der Waals surface area (Å²) in [6, 6.07) is 1.85. The van der Waals surface area contributed by atoms with Gasteiger partial charge in [0.15, 0.2) is 0 Å². The molecule has 17 heavy (non-hydrogen) atoms. The summed E-state index contributed by atoms with van der Waals surface area (Å²) in [6.07, 6.45) is 5.95. The Bertz CT molecular complexity index is 416. The van der Waals surface area contributed by atoms with Gasteiger partial charge in [-0.1, -0.05) is 0 Å². The molecule has 5 heteroatoms. The quantitative estimate of drug-likeness (QED) is 0.608. The Morgan fingerprint density at radius 2 is 1.71 bits per heavy atom. The summed E-state index contributed by atoms with van der Waals surface area (Å²) in [7, 11) is 2.64. The van der Waals surface area contributed by atoms with Crippen LogP contribution in [0.3, 0.4) is 0 Å². The number of hydrogen-bond acceptors (Lipinski definition) is 5. The van der Waals surface area contributed by atoms with Crippen molar-refractivity contribution in [1.29, 1.82) is 0 Å². The predicted molar refractivity (Wildman–Crippen MR) is 66.4 cm³/mol. The van der Waals surface area contributed by atoms with Gasteiger partial charge in [-0.15, -0.1) is 11.3 Å². The predicted octanol–water partition coefficient (Wildman–Crippen LogP) is 2.12. The van der Waals surface area contributed by atoms with Crippen LogP contribution in [0.15, 0.2) is 23.6 Å². The van der Waals surface area contributed by atoms with Crippen LogP contribution in [0.25, 0.3) is 12.2 Å². The Labute approximate surface area is 103 Å². The molecule has 1 aromatic rings. The highest BCUT2D eigenvalue weighted by Crippen LogP contribution is 2.20.